The fraction of sp³-hybridized carbons (Fsp3) is 0.846. The summed E-state index contributed by atoms with van der Waals surface area (Å²) in [4.78, 5) is 0. The maximum Gasteiger partial charge on any atom is 0.150 e. The van der Waals surface area contributed by atoms with Gasteiger partial charge in [-0.2, -0.15) is 0 Å². The smallest absolute Gasteiger partial charge is 0.150 e. The molecule has 2 saturated carbocycles. The Morgan fingerprint density at radius 1 is 1.24 bits per heavy atom. The molecule has 2 fully saturated rings. The van der Waals surface area contributed by atoms with Gasteiger partial charge in [-0.25, -0.2) is 0 Å². The summed E-state index contributed by atoms with van der Waals surface area (Å²) in [6.45, 7) is 0. The molecule has 0 radical (unpaired) electrons. The Bertz CT molecular complexity index is 363. The highest BCUT2D eigenvalue weighted by Gasteiger charge is 2.28. The molecule has 0 unspecified atom stereocenters. The topological polar surface area (TPSA) is 56.7 Å². The van der Waals surface area contributed by atoms with E-state index in [4.69, 9.17) is 5.73 Å². The first-order valence-electron chi connectivity index (χ1n) is 6.99. The minimum absolute atomic E-state index is 0.0897. The SMILES string of the molecule is N[C@@H](CC1CC1)c1nncn1C1CCCCC1. The van der Waals surface area contributed by atoms with Crippen molar-refractivity contribution in [3.8, 4) is 0 Å². The highest BCUT2D eigenvalue weighted by Crippen LogP contribution is 2.37. The summed E-state index contributed by atoms with van der Waals surface area (Å²) >= 11 is 0. The molecule has 0 bridgehead atoms. The zero-order chi connectivity index (χ0) is 11.7. The van der Waals surface area contributed by atoms with Crippen LogP contribution in [0.1, 0.15) is 69.3 Å². The van der Waals surface area contributed by atoms with Crippen LogP contribution >= 0.6 is 0 Å². The van der Waals surface area contributed by atoms with Gasteiger partial charge in [0.25, 0.3) is 0 Å². The van der Waals surface area contributed by atoms with Gasteiger partial charge in [-0.15, -0.1) is 10.2 Å². The van der Waals surface area contributed by atoms with Crippen LogP contribution < -0.4 is 5.73 Å². The fourth-order valence-corrected chi connectivity index (χ4v) is 2.98. The standard InChI is InChI=1S/C13H22N4/c14-12(8-10-6-7-10)13-16-15-9-17(13)11-4-2-1-3-5-11/h9-12H,1-8,14H2/t12-/m0/s1. The second kappa shape index (κ2) is 4.77. The summed E-state index contributed by atoms with van der Waals surface area (Å²) in [6.07, 6.45) is 12.3. The highest BCUT2D eigenvalue weighted by molar-refractivity contribution is 4.98. The molecule has 1 aromatic rings. The van der Waals surface area contributed by atoms with Crippen LogP contribution in [0, 0.1) is 5.92 Å². The maximum absolute atomic E-state index is 6.26. The molecule has 0 spiro atoms. The van der Waals surface area contributed by atoms with Crippen molar-refractivity contribution in [3.05, 3.63) is 12.2 Å². The number of nitrogens with zero attached hydrogens (tertiary/aromatic N) is 3. The number of aromatic nitrogens is 3. The van der Waals surface area contributed by atoms with Crippen LogP contribution in [0.3, 0.4) is 0 Å². The van der Waals surface area contributed by atoms with Gasteiger partial charge in [0.05, 0.1) is 6.04 Å². The average Bonchev–Trinajstić information content (AvgIpc) is 3.04. The summed E-state index contributed by atoms with van der Waals surface area (Å²) in [5.41, 5.74) is 6.26. The van der Waals surface area contributed by atoms with Crippen molar-refractivity contribution in [2.75, 3.05) is 0 Å². The molecule has 0 aliphatic heterocycles. The van der Waals surface area contributed by atoms with E-state index in [2.05, 4.69) is 14.8 Å². The van der Waals surface area contributed by atoms with Crippen molar-refractivity contribution < 1.29 is 0 Å². The molecule has 4 nitrogen and oxygen atoms in total. The number of hydrogen-bond acceptors (Lipinski definition) is 3. The first kappa shape index (κ1) is 11.2. The third-order valence-electron chi connectivity index (χ3n) is 4.18. The molecule has 2 N–H and O–H groups in total. The third kappa shape index (κ3) is 2.51. The Morgan fingerprint density at radius 2 is 2.00 bits per heavy atom. The van der Waals surface area contributed by atoms with Gasteiger partial charge < -0.3 is 10.3 Å². The fourth-order valence-electron chi connectivity index (χ4n) is 2.98. The van der Waals surface area contributed by atoms with Crippen LogP contribution in [0.2, 0.25) is 0 Å². The average molecular weight is 234 g/mol. The molecule has 1 heterocycles. The van der Waals surface area contributed by atoms with Crippen molar-refractivity contribution >= 4 is 0 Å². The van der Waals surface area contributed by atoms with E-state index in [1.165, 1.54) is 44.9 Å². The van der Waals surface area contributed by atoms with E-state index >= 15 is 0 Å². The van der Waals surface area contributed by atoms with Gasteiger partial charge in [0.15, 0.2) is 0 Å². The second-order valence-corrected chi connectivity index (χ2v) is 5.67. The Hall–Kier alpha value is -0.900. The van der Waals surface area contributed by atoms with E-state index in [1.54, 1.807) is 0 Å². The molecule has 0 saturated heterocycles. The van der Waals surface area contributed by atoms with Gasteiger partial charge in [0.2, 0.25) is 0 Å². The quantitative estimate of drug-likeness (QED) is 0.871. The van der Waals surface area contributed by atoms with E-state index in [9.17, 15) is 0 Å². The van der Waals surface area contributed by atoms with Crippen molar-refractivity contribution in [2.24, 2.45) is 11.7 Å². The predicted molar refractivity (Wildman–Crippen MR) is 66.4 cm³/mol. The van der Waals surface area contributed by atoms with Gasteiger partial charge in [0, 0.05) is 6.04 Å². The molecule has 2 aliphatic rings. The first-order chi connectivity index (χ1) is 8.34. The molecule has 0 amide bonds. The van der Waals surface area contributed by atoms with E-state index < -0.39 is 0 Å². The molecule has 4 heteroatoms. The normalized spacial score (nSPS) is 23.8. The minimum atomic E-state index is 0.0897. The van der Waals surface area contributed by atoms with E-state index in [0.717, 1.165) is 18.2 Å². The third-order valence-corrected chi connectivity index (χ3v) is 4.18. The first-order valence-corrected chi connectivity index (χ1v) is 6.99. The second-order valence-electron chi connectivity index (χ2n) is 5.67. The molecule has 1 aromatic heterocycles. The Balaban J connectivity index is 1.72. The molecule has 0 aromatic carbocycles. The van der Waals surface area contributed by atoms with Gasteiger partial charge in [-0.3, -0.25) is 0 Å². The van der Waals surface area contributed by atoms with Crippen LogP contribution in [-0.2, 0) is 0 Å². The number of nitrogens with two attached hydrogens (primary N) is 1. The Kier molecular flexibility index (Phi) is 3.14. The lowest BCUT2D eigenvalue weighted by atomic mass is 9.95. The van der Waals surface area contributed by atoms with E-state index in [-0.39, 0.29) is 6.04 Å². The predicted octanol–water partition coefficient (Wildman–Crippen LogP) is 2.58. The van der Waals surface area contributed by atoms with Crippen molar-refractivity contribution in [1.29, 1.82) is 0 Å². The molecular weight excluding hydrogens is 212 g/mol. The summed E-state index contributed by atoms with van der Waals surface area (Å²) in [7, 11) is 0. The zero-order valence-corrected chi connectivity index (χ0v) is 10.4. The van der Waals surface area contributed by atoms with E-state index in [1.807, 2.05) is 6.33 Å². The lowest BCUT2D eigenvalue weighted by molar-refractivity contribution is 0.337. The van der Waals surface area contributed by atoms with Crippen LogP contribution in [0.25, 0.3) is 0 Å². The minimum Gasteiger partial charge on any atom is -0.321 e. The number of hydrogen-bond donors (Lipinski definition) is 1. The van der Waals surface area contributed by atoms with Crippen LogP contribution in [0.4, 0.5) is 0 Å². The zero-order valence-electron chi connectivity index (χ0n) is 10.4. The largest absolute Gasteiger partial charge is 0.321 e. The Morgan fingerprint density at radius 3 is 2.71 bits per heavy atom. The molecule has 17 heavy (non-hydrogen) atoms. The van der Waals surface area contributed by atoms with Crippen molar-refractivity contribution in [3.63, 3.8) is 0 Å². The van der Waals surface area contributed by atoms with Gasteiger partial charge in [0.1, 0.15) is 12.2 Å². The van der Waals surface area contributed by atoms with Gasteiger partial charge in [-0.05, 0) is 25.2 Å². The maximum atomic E-state index is 6.26. The highest BCUT2D eigenvalue weighted by atomic mass is 15.3. The number of rotatable bonds is 4. The summed E-state index contributed by atoms with van der Waals surface area (Å²) < 4.78 is 2.26. The lowest BCUT2D eigenvalue weighted by Crippen LogP contribution is -2.21. The van der Waals surface area contributed by atoms with Gasteiger partial charge >= 0.3 is 0 Å². The molecular formula is C13H22N4. The Labute approximate surface area is 103 Å². The molecule has 2 aliphatic carbocycles. The van der Waals surface area contributed by atoms with Crippen LogP contribution in [0.15, 0.2) is 6.33 Å². The molecule has 1 atom stereocenters. The van der Waals surface area contributed by atoms with Crippen LogP contribution in [-0.4, -0.2) is 14.8 Å². The summed E-state index contributed by atoms with van der Waals surface area (Å²) in [5, 5.41) is 8.34. The van der Waals surface area contributed by atoms with Crippen molar-refractivity contribution in [1.82, 2.24) is 14.8 Å². The molecule has 94 valence electrons. The summed E-state index contributed by atoms with van der Waals surface area (Å²) in [6, 6.07) is 0.686. The lowest BCUT2D eigenvalue weighted by Gasteiger charge is -2.25. The van der Waals surface area contributed by atoms with Crippen molar-refractivity contribution in [2.45, 2.75) is 63.5 Å². The van der Waals surface area contributed by atoms with E-state index in [0.29, 0.717) is 6.04 Å². The monoisotopic (exact) mass is 234 g/mol. The molecule has 3 rings (SSSR count). The van der Waals surface area contributed by atoms with Crippen LogP contribution in [0.5, 0.6) is 0 Å². The summed E-state index contributed by atoms with van der Waals surface area (Å²) in [5.74, 6) is 1.87. The van der Waals surface area contributed by atoms with Gasteiger partial charge in [-0.1, -0.05) is 32.1 Å².